The highest BCUT2D eigenvalue weighted by Crippen LogP contribution is 2.14. The maximum atomic E-state index is 12.0. The van der Waals surface area contributed by atoms with E-state index in [2.05, 4.69) is 15.5 Å². The second kappa shape index (κ2) is 8.34. The lowest BCUT2D eigenvalue weighted by molar-refractivity contribution is -0.131. The summed E-state index contributed by atoms with van der Waals surface area (Å²) in [6.45, 7) is 5.66. The van der Waals surface area contributed by atoms with Crippen LogP contribution in [0.3, 0.4) is 0 Å². The van der Waals surface area contributed by atoms with Gasteiger partial charge in [-0.2, -0.15) is 0 Å². The first kappa shape index (κ1) is 16.2. The van der Waals surface area contributed by atoms with E-state index < -0.39 is 0 Å². The van der Waals surface area contributed by atoms with Crippen LogP contribution in [0.1, 0.15) is 39.0 Å². The first-order valence-corrected chi connectivity index (χ1v) is 8.10. The highest BCUT2D eigenvalue weighted by Gasteiger charge is 2.27. The number of piperidine rings is 1. The van der Waals surface area contributed by atoms with Crippen LogP contribution in [0, 0.1) is 0 Å². The van der Waals surface area contributed by atoms with Crippen molar-refractivity contribution in [1.82, 2.24) is 15.5 Å². The van der Waals surface area contributed by atoms with Crippen LogP contribution in [0.4, 0.5) is 0 Å². The summed E-state index contributed by atoms with van der Waals surface area (Å²) in [5.41, 5.74) is 0. The van der Waals surface area contributed by atoms with Crippen LogP contribution in [-0.2, 0) is 14.3 Å². The fourth-order valence-electron chi connectivity index (χ4n) is 2.84. The molecule has 0 aliphatic carbocycles. The molecule has 0 saturated carbocycles. The van der Waals surface area contributed by atoms with E-state index in [0.717, 1.165) is 51.7 Å². The van der Waals surface area contributed by atoms with Crippen LogP contribution in [0.2, 0.25) is 0 Å². The molecule has 2 amide bonds. The average Bonchev–Trinajstić information content (AvgIpc) is 3.01. The predicted molar refractivity (Wildman–Crippen MR) is 79.9 cm³/mol. The van der Waals surface area contributed by atoms with Gasteiger partial charge in [-0.05, 0) is 32.1 Å². The second-order valence-corrected chi connectivity index (χ2v) is 5.91. The van der Waals surface area contributed by atoms with Crippen LogP contribution in [-0.4, -0.2) is 61.6 Å². The lowest BCUT2D eigenvalue weighted by Gasteiger charge is -2.32. The summed E-state index contributed by atoms with van der Waals surface area (Å²) in [7, 11) is 0. The van der Waals surface area contributed by atoms with Gasteiger partial charge in [-0.3, -0.25) is 14.5 Å². The molecule has 2 N–H and O–H groups in total. The van der Waals surface area contributed by atoms with E-state index in [9.17, 15) is 9.59 Å². The van der Waals surface area contributed by atoms with E-state index in [1.54, 1.807) is 0 Å². The Bertz CT molecular complexity index is 348. The minimum Gasteiger partial charge on any atom is -0.368 e. The molecule has 0 aromatic heterocycles. The van der Waals surface area contributed by atoms with Crippen molar-refractivity contribution in [1.29, 1.82) is 0 Å². The minimum absolute atomic E-state index is 0.0339. The average molecular weight is 297 g/mol. The molecular formula is C15H27N3O3. The summed E-state index contributed by atoms with van der Waals surface area (Å²) in [6.07, 6.45) is 4.33. The molecule has 0 bridgehead atoms. The number of carbonyl (C=O) groups excluding carboxylic acids is 2. The van der Waals surface area contributed by atoms with Crippen molar-refractivity contribution in [2.45, 2.75) is 51.2 Å². The summed E-state index contributed by atoms with van der Waals surface area (Å²) in [5.74, 6) is 0.130. The van der Waals surface area contributed by atoms with E-state index >= 15 is 0 Å². The van der Waals surface area contributed by atoms with E-state index in [4.69, 9.17) is 4.74 Å². The highest BCUT2D eigenvalue weighted by atomic mass is 16.5. The van der Waals surface area contributed by atoms with Crippen LogP contribution in [0.5, 0.6) is 0 Å². The van der Waals surface area contributed by atoms with Crippen LogP contribution < -0.4 is 10.6 Å². The molecular weight excluding hydrogens is 270 g/mol. The molecule has 0 aromatic rings. The minimum atomic E-state index is -0.247. The van der Waals surface area contributed by atoms with Crippen molar-refractivity contribution in [2.24, 2.45) is 0 Å². The van der Waals surface area contributed by atoms with E-state index in [-0.39, 0.29) is 24.0 Å². The van der Waals surface area contributed by atoms with Gasteiger partial charge >= 0.3 is 0 Å². The Hall–Kier alpha value is -1.14. The van der Waals surface area contributed by atoms with Gasteiger partial charge in [-0.1, -0.05) is 6.92 Å². The molecule has 0 radical (unpaired) electrons. The standard InChI is InChI=1S/C15H27N3O3/c1-2-7-16-14(19)11-18-8-5-12(6-9-18)17-15(20)13-4-3-10-21-13/h12-13H,2-11H2,1H3,(H,16,19)(H,17,20). The van der Waals surface area contributed by atoms with E-state index in [0.29, 0.717) is 13.2 Å². The molecule has 2 heterocycles. The third-order valence-electron chi connectivity index (χ3n) is 4.10. The summed E-state index contributed by atoms with van der Waals surface area (Å²) < 4.78 is 5.39. The normalized spacial score (nSPS) is 24.0. The number of likely N-dealkylation sites (tertiary alicyclic amines) is 1. The first-order valence-electron chi connectivity index (χ1n) is 8.10. The van der Waals surface area contributed by atoms with Gasteiger partial charge in [0.05, 0.1) is 6.54 Å². The van der Waals surface area contributed by atoms with Gasteiger partial charge in [-0.15, -0.1) is 0 Å². The molecule has 120 valence electrons. The van der Waals surface area contributed by atoms with Crippen LogP contribution in [0.25, 0.3) is 0 Å². The van der Waals surface area contributed by atoms with Crippen molar-refractivity contribution in [3.05, 3.63) is 0 Å². The SMILES string of the molecule is CCCNC(=O)CN1CCC(NC(=O)C2CCCO2)CC1. The number of nitrogens with zero attached hydrogens (tertiary/aromatic N) is 1. The smallest absolute Gasteiger partial charge is 0.249 e. The number of ether oxygens (including phenoxy) is 1. The lowest BCUT2D eigenvalue weighted by Crippen LogP contribution is -2.49. The Morgan fingerprint density at radius 1 is 1.24 bits per heavy atom. The molecule has 2 rings (SSSR count). The fraction of sp³-hybridized carbons (Fsp3) is 0.867. The molecule has 21 heavy (non-hydrogen) atoms. The molecule has 1 atom stereocenters. The quantitative estimate of drug-likeness (QED) is 0.738. The maximum absolute atomic E-state index is 12.0. The molecule has 1 unspecified atom stereocenters. The monoisotopic (exact) mass is 297 g/mol. The summed E-state index contributed by atoms with van der Waals surface area (Å²) in [6, 6.07) is 0.219. The van der Waals surface area contributed by atoms with Crippen molar-refractivity contribution in [3.63, 3.8) is 0 Å². The van der Waals surface area contributed by atoms with Crippen molar-refractivity contribution < 1.29 is 14.3 Å². The van der Waals surface area contributed by atoms with Gasteiger partial charge in [0.15, 0.2) is 0 Å². The molecule has 2 aliphatic rings. The largest absolute Gasteiger partial charge is 0.368 e. The molecule has 0 spiro atoms. The summed E-state index contributed by atoms with van der Waals surface area (Å²) in [5, 5.41) is 5.97. The van der Waals surface area contributed by atoms with Crippen molar-refractivity contribution in [3.8, 4) is 0 Å². The third-order valence-corrected chi connectivity index (χ3v) is 4.10. The third kappa shape index (κ3) is 5.28. The zero-order valence-electron chi connectivity index (χ0n) is 12.9. The number of amides is 2. The molecule has 2 saturated heterocycles. The van der Waals surface area contributed by atoms with Gasteiger partial charge < -0.3 is 15.4 Å². The number of nitrogens with one attached hydrogen (secondary N) is 2. The number of hydrogen-bond donors (Lipinski definition) is 2. The van der Waals surface area contributed by atoms with E-state index in [1.807, 2.05) is 6.92 Å². The Kier molecular flexibility index (Phi) is 6.45. The molecule has 0 aromatic carbocycles. The Labute approximate surface area is 126 Å². The van der Waals surface area contributed by atoms with Crippen LogP contribution in [0.15, 0.2) is 0 Å². The van der Waals surface area contributed by atoms with Crippen LogP contribution >= 0.6 is 0 Å². The second-order valence-electron chi connectivity index (χ2n) is 5.91. The number of carbonyl (C=O) groups is 2. The highest BCUT2D eigenvalue weighted by molar-refractivity contribution is 5.81. The molecule has 2 fully saturated rings. The Morgan fingerprint density at radius 2 is 2.00 bits per heavy atom. The van der Waals surface area contributed by atoms with Crippen molar-refractivity contribution in [2.75, 3.05) is 32.8 Å². The zero-order valence-corrected chi connectivity index (χ0v) is 12.9. The van der Waals surface area contributed by atoms with Gasteiger partial charge in [0.1, 0.15) is 6.10 Å². The molecule has 2 aliphatic heterocycles. The molecule has 6 heteroatoms. The lowest BCUT2D eigenvalue weighted by atomic mass is 10.0. The topological polar surface area (TPSA) is 70.7 Å². The zero-order chi connectivity index (χ0) is 15.1. The first-order chi connectivity index (χ1) is 10.2. The van der Waals surface area contributed by atoms with Gasteiger partial charge in [0.25, 0.3) is 0 Å². The van der Waals surface area contributed by atoms with Gasteiger partial charge in [0.2, 0.25) is 11.8 Å². The summed E-state index contributed by atoms with van der Waals surface area (Å²) >= 11 is 0. The number of rotatable bonds is 6. The Morgan fingerprint density at radius 3 is 2.62 bits per heavy atom. The fourth-order valence-corrected chi connectivity index (χ4v) is 2.84. The van der Waals surface area contributed by atoms with Crippen molar-refractivity contribution >= 4 is 11.8 Å². The Balaban J connectivity index is 1.63. The number of hydrogen-bond acceptors (Lipinski definition) is 4. The maximum Gasteiger partial charge on any atom is 0.249 e. The predicted octanol–water partition coefficient (Wildman–Crippen LogP) is 0.272. The van der Waals surface area contributed by atoms with E-state index in [1.165, 1.54) is 0 Å². The van der Waals surface area contributed by atoms with Gasteiger partial charge in [-0.25, -0.2) is 0 Å². The summed E-state index contributed by atoms with van der Waals surface area (Å²) in [4.78, 5) is 25.8. The van der Waals surface area contributed by atoms with Gasteiger partial charge in [0, 0.05) is 32.3 Å². The molecule has 6 nitrogen and oxygen atoms in total.